The van der Waals surface area contributed by atoms with Gasteiger partial charge in [-0.15, -0.1) is 0 Å². The molecule has 0 radical (unpaired) electrons. The highest BCUT2D eigenvalue weighted by Gasteiger charge is 2.14. The Hall–Kier alpha value is -0.120. The van der Waals surface area contributed by atoms with Crippen molar-refractivity contribution in [3.8, 4) is 0 Å². The van der Waals surface area contributed by atoms with Gasteiger partial charge in [0.2, 0.25) is 0 Å². The zero-order valence-electron chi connectivity index (χ0n) is 9.59. The molecule has 0 spiro atoms. The van der Waals surface area contributed by atoms with Crippen molar-refractivity contribution in [2.75, 3.05) is 46.4 Å². The predicted molar refractivity (Wildman–Crippen MR) is 59.6 cm³/mol. The maximum Gasteiger partial charge on any atom is 0.0593 e. The van der Waals surface area contributed by atoms with Gasteiger partial charge in [0.05, 0.1) is 6.61 Å². The van der Waals surface area contributed by atoms with Crippen molar-refractivity contribution in [2.24, 2.45) is 5.92 Å². The van der Waals surface area contributed by atoms with E-state index in [0.717, 1.165) is 25.7 Å². The fourth-order valence-electron chi connectivity index (χ4n) is 1.84. The van der Waals surface area contributed by atoms with Crippen molar-refractivity contribution >= 4 is 0 Å². The van der Waals surface area contributed by atoms with Crippen LogP contribution in [0.5, 0.6) is 0 Å². The van der Waals surface area contributed by atoms with Gasteiger partial charge in [-0.1, -0.05) is 0 Å². The number of nitrogens with zero attached hydrogens (tertiary/aromatic N) is 1. The van der Waals surface area contributed by atoms with Crippen LogP contribution in [0.3, 0.4) is 0 Å². The lowest BCUT2D eigenvalue weighted by molar-refractivity contribution is 0.120. The summed E-state index contributed by atoms with van der Waals surface area (Å²) in [5, 5.41) is 3.41. The SMILES string of the molecule is CCOCCN(C)CCC1CCNC1. The summed E-state index contributed by atoms with van der Waals surface area (Å²) < 4.78 is 5.32. The number of rotatable bonds is 7. The van der Waals surface area contributed by atoms with E-state index in [9.17, 15) is 0 Å². The second-order valence-corrected chi connectivity index (χ2v) is 4.15. The Bertz CT molecular complexity index is 135. The van der Waals surface area contributed by atoms with Crippen LogP contribution in [0.4, 0.5) is 0 Å². The number of hydrogen-bond acceptors (Lipinski definition) is 3. The lowest BCUT2D eigenvalue weighted by Gasteiger charge is -2.18. The smallest absolute Gasteiger partial charge is 0.0593 e. The molecule has 1 saturated heterocycles. The minimum absolute atomic E-state index is 0.834. The first-order chi connectivity index (χ1) is 6.83. The Morgan fingerprint density at radius 3 is 2.93 bits per heavy atom. The molecule has 14 heavy (non-hydrogen) atoms. The topological polar surface area (TPSA) is 24.5 Å². The molecule has 0 amide bonds. The molecule has 1 aliphatic heterocycles. The number of hydrogen-bond donors (Lipinski definition) is 1. The van der Waals surface area contributed by atoms with E-state index in [0.29, 0.717) is 0 Å². The van der Waals surface area contributed by atoms with Crippen molar-refractivity contribution in [2.45, 2.75) is 19.8 Å². The first-order valence-electron chi connectivity index (χ1n) is 5.80. The van der Waals surface area contributed by atoms with E-state index < -0.39 is 0 Å². The van der Waals surface area contributed by atoms with Gasteiger partial charge in [-0.2, -0.15) is 0 Å². The van der Waals surface area contributed by atoms with Crippen LogP contribution in [0.1, 0.15) is 19.8 Å². The number of likely N-dealkylation sites (N-methyl/N-ethyl adjacent to an activating group) is 1. The molecule has 1 heterocycles. The van der Waals surface area contributed by atoms with Gasteiger partial charge in [0.1, 0.15) is 0 Å². The Kier molecular flexibility index (Phi) is 6.15. The molecular formula is C11H24N2O. The first kappa shape index (κ1) is 12.0. The van der Waals surface area contributed by atoms with Gasteiger partial charge < -0.3 is 15.0 Å². The van der Waals surface area contributed by atoms with E-state index in [1.54, 1.807) is 0 Å². The van der Waals surface area contributed by atoms with Gasteiger partial charge in [0.15, 0.2) is 0 Å². The standard InChI is InChI=1S/C11H24N2O/c1-3-14-9-8-13(2)7-5-11-4-6-12-10-11/h11-12H,3-10H2,1-2H3. The van der Waals surface area contributed by atoms with Crippen molar-refractivity contribution in [1.82, 2.24) is 10.2 Å². The van der Waals surface area contributed by atoms with Crippen LogP contribution in [0.15, 0.2) is 0 Å². The summed E-state index contributed by atoms with van der Waals surface area (Å²) >= 11 is 0. The molecule has 0 bridgehead atoms. The Morgan fingerprint density at radius 1 is 1.43 bits per heavy atom. The summed E-state index contributed by atoms with van der Waals surface area (Å²) in [5.41, 5.74) is 0. The van der Waals surface area contributed by atoms with E-state index in [2.05, 4.69) is 17.3 Å². The number of ether oxygens (including phenoxy) is 1. The average molecular weight is 200 g/mol. The maximum atomic E-state index is 5.32. The fourth-order valence-corrected chi connectivity index (χ4v) is 1.84. The lowest BCUT2D eigenvalue weighted by atomic mass is 10.1. The van der Waals surface area contributed by atoms with Crippen LogP contribution in [0.25, 0.3) is 0 Å². The average Bonchev–Trinajstić information content (AvgIpc) is 2.68. The molecule has 1 N–H and O–H groups in total. The molecule has 1 aliphatic rings. The summed E-state index contributed by atoms with van der Waals surface area (Å²) in [5.74, 6) is 0.907. The van der Waals surface area contributed by atoms with Gasteiger partial charge in [-0.3, -0.25) is 0 Å². The van der Waals surface area contributed by atoms with Crippen LogP contribution in [-0.2, 0) is 4.74 Å². The molecule has 0 aliphatic carbocycles. The third-order valence-electron chi connectivity index (χ3n) is 2.90. The van der Waals surface area contributed by atoms with Gasteiger partial charge >= 0.3 is 0 Å². The molecule has 1 fully saturated rings. The second-order valence-electron chi connectivity index (χ2n) is 4.15. The largest absolute Gasteiger partial charge is 0.380 e. The molecule has 1 rings (SSSR count). The molecular weight excluding hydrogens is 176 g/mol. The molecule has 0 aromatic carbocycles. The van der Waals surface area contributed by atoms with Gasteiger partial charge in [-0.25, -0.2) is 0 Å². The Balaban J connectivity index is 1.93. The lowest BCUT2D eigenvalue weighted by Crippen LogP contribution is -2.26. The quantitative estimate of drug-likeness (QED) is 0.619. The van der Waals surface area contributed by atoms with Crippen LogP contribution >= 0.6 is 0 Å². The van der Waals surface area contributed by atoms with Crippen molar-refractivity contribution in [3.63, 3.8) is 0 Å². The predicted octanol–water partition coefficient (Wildman–Crippen LogP) is 0.954. The van der Waals surface area contributed by atoms with E-state index in [4.69, 9.17) is 4.74 Å². The van der Waals surface area contributed by atoms with Crippen LogP contribution < -0.4 is 5.32 Å². The van der Waals surface area contributed by atoms with E-state index in [-0.39, 0.29) is 0 Å². The summed E-state index contributed by atoms with van der Waals surface area (Å²) in [6.07, 6.45) is 2.69. The van der Waals surface area contributed by atoms with Crippen LogP contribution in [-0.4, -0.2) is 51.3 Å². The zero-order valence-corrected chi connectivity index (χ0v) is 9.59. The van der Waals surface area contributed by atoms with Gasteiger partial charge in [0.25, 0.3) is 0 Å². The maximum absolute atomic E-state index is 5.32. The fraction of sp³-hybridized carbons (Fsp3) is 1.00. The normalized spacial score (nSPS) is 22.1. The minimum Gasteiger partial charge on any atom is -0.380 e. The Labute approximate surface area is 87.8 Å². The van der Waals surface area contributed by atoms with Crippen molar-refractivity contribution in [3.05, 3.63) is 0 Å². The van der Waals surface area contributed by atoms with Crippen LogP contribution in [0.2, 0.25) is 0 Å². The molecule has 0 aromatic heterocycles. The molecule has 3 nitrogen and oxygen atoms in total. The molecule has 1 atom stereocenters. The molecule has 0 saturated carbocycles. The molecule has 84 valence electrons. The highest BCUT2D eigenvalue weighted by atomic mass is 16.5. The van der Waals surface area contributed by atoms with E-state index in [1.807, 2.05) is 6.92 Å². The second kappa shape index (κ2) is 7.21. The third kappa shape index (κ3) is 4.94. The third-order valence-corrected chi connectivity index (χ3v) is 2.90. The Morgan fingerprint density at radius 2 is 2.29 bits per heavy atom. The first-order valence-corrected chi connectivity index (χ1v) is 5.80. The molecule has 3 heteroatoms. The summed E-state index contributed by atoms with van der Waals surface area (Å²) in [7, 11) is 2.18. The molecule has 0 aromatic rings. The van der Waals surface area contributed by atoms with E-state index >= 15 is 0 Å². The summed E-state index contributed by atoms with van der Waals surface area (Å²) in [6, 6.07) is 0. The minimum atomic E-state index is 0.834. The summed E-state index contributed by atoms with van der Waals surface area (Å²) in [6.45, 7) is 8.46. The van der Waals surface area contributed by atoms with Crippen molar-refractivity contribution < 1.29 is 4.74 Å². The van der Waals surface area contributed by atoms with Gasteiger partial charge in [-0.05, 0) is 52.4 Å². The number of nitrogens with one attached hydrogen (secondary N) is 1. The van der Waals surface area contributed by atoms with E-state index in [1.165, 1.54) is 32.5 Å². The highest BCUT2D eigenvalue weighted by molar-refractivity contribution is 4.71. The monoisotopic (exact) mass is 200 g/mol. The van der Waals surface area contributed by atoms with Crippen molar-refractivity contribution in [1.29, 1.82) is 0 Å². The highest BCUT2D eigenvalue weighted by Crippen LogP contribution is 2.11. The summed E-state index contributed by atoms with van der Waals surface area (Å²) in [4.78, 5) is 2.37. The van der Waals surface area contributed by atoms with Crippen LogP contribution in [0, 0.1) is 5.92 Å². The zero-order chi connectivity index (χ0) is 10.2. The van der Waals surface area contributed by atoms with Gasteiger partial charge in [0, 0.05) is 13.2 Å². The molecule has 1 unspecified atom stereocenters.